The van der Waals surface area contributed by atoms with Gasteiger partial charge in [-0.15, -0.1) is 11.8 Å². The van der Waals surface area contributed by atoms with Gasteiger partial charge in [-0.25, -0.2) is 0 Å². The van der Waals surface area contributed by atoms with E-state index in [9.17, 15) is 9.90 Å². The quantitative estimate of drug-likeness (QED) is 0.840. The maximum atomic E-state index is 11.7. The third-order valence-corrected chi connectivity index (χ3v) is 4.76. The molecule has 20 heavy (non-hydrogen) atoms. The summed E-state index contributed by atoms with van der Waals surface area (Å²) in [4.78, 5) is 12.8. The lowest BCUT2D eigenvalue weighted by Crippen LogP contribution is -2.35. The Balaban J connectivity index is 2.18. The van der Waals surface area contributed by atoms with Crippen LogP contribution in [0.25, 0.3) is 0 Å². The fourth-order valence-corrected chi connectivity index (χ4v) is 3.01. The maximum Gasteiger partial charge on any atom is 0.314 e. The summed E-state index contributed by atoms with van der Waals surface area (Å²) in [7, 11) is 0. The molecule has 1 N–H and O–H groups in total. The van der Waals surface area contributed by atoms with Gasteiger partial charge >= 0.3 is 5.97 Å². The number of carboxylic acid groups (broad SMARTS) is 1. The molecule has 0 aromatic heterocycles. The summed E-state index contributed by atoms with van der Waals surface area (Å²) < 4.78 is 0. The molecule has 2 aromatic carbocycles. The summed E-state index contributed by atoms with van der Waals surface area (Å²) in [5.41, 5.74) is 1.17. The lowest BCUT2D eigenvalue weighted by molar-refractivity contribution is -0.142. The van der Waals surface area contributed by atoms with Crippen LogP contribution in [0.15, 0.2) is 59.5 Å². The van der Waals surface area contributed by atoms with Gasteiger partial charge in [-0.3, -0.25) is 4.79 Å². The van der Waals surface area contributed by atoms with Crippen LogP contribution in [-0.2, 0) is 10.2 Å². The molecule has 0 aliphatic rings. The van der Waals surface area contributed by atoms with Crippen LogP contribution in [0.5, 0.6) is 0 Å². The summed E-state index contributed by atoms with van der Waals surface area (Å²) in [6, 6.07) is 17.6. The van der Waals surface area contributed by atoms with E-state index in [2.05, 4.69) is 0 Å². The van der Waals surface area contributed by atoms with Crippen molar-refractivity contribution in [1.82, 2.24) is 0 Å². The zero-order chi connectivity index (χ0) is 14.6. The molecule has 0 spiro atoms. The molecule has 0 saturated heterocycles. The second kappa shape index (κ2) is 6.14. The average molecular weight is 286 g/mol. The molecule has 0 aliphatic heterocycles. The highest BCUT2D eigenvalue weighted by molar-refractivity contribution is 7.99. The number of aryl methyl sites for hydroxylation is 1. The van der Waals surface area contributed by atoms with Crippen LogP contribution in [0.2, 0.25) is 0 Å². The van der Waals surface area contributed by atoms with Crippen LogP contribution in [0, 0.1) is 6.92 Å². The molecule has 0 radical (unpaired) electrons. The van der Waals surface area contributed by atoms with Gasteiger partial charge < -0.3 is 5.11 Å². The van der Waals surface area contributed by atoms with Gasteiger partial charge in [-0.05, 0) is 31.5 Å². The van der Waals surface area contributed by atoms with E-state index in [1.54, 1.807) is 18.7 Å². The van der Waals surface area contributed by atoms with Crippen molar-refractivity contribution in [3.63, 3.8) is 0 Å². The van der Waals surface area contributed by atoms with E-state index >= 15 is 0 Å². The molecule has 0 fully saturated rings. The highest BCUT2D eigenvalue weighted by Gasteiger charge is 2.35. The Bertz CT molecular complexity index is 578. The minimum Gasteiger partial charge on any atom is -0.481 e. The molecule has 2 rings (SSSR count). The van der Waals surface area contributed by atoms with Gasteiger partial charge in [0.15, 0.2) is 0 Å². The average Bonchev–Trinajstić information content (AvgIpc) is 2.47. The topological polar surface area (TPSA) is 37.3 Å². The summed E-state index contributed by atoms with van der Waals surface area (Å²) in [5, 5.41) is 9.59. The Kier molecular flexibility index (Phi) is 4.50. The third-order valence-electron chi connectivity index (χ3n) is 3.43. The van der Waals surface area contributed by atoms with Crippen molar-refractivity contribution in [2.24, 2.45) is 0 Å². The van der Waals surface area contributed by atoms with Gasteiger partial charge in [0.25, 0.3) is 0 Å². The fraction of sp³-hybridized carbons (Fsp3) is 0.235. The van der Waals surface area contributed by atoms with E-state index in [1.807, 2.05) is 61.5 Å². The molecular weight excluding hydrogens is 268 g/mol. The molecule has 1 atom stereocenters. The third kappa shape index (κ3) is 3.23. The van der Waals surface area contributed by atoms with Crippen LogP contribution in [0.3, 0.4) is 0 Å². The molecule has 0 heterocycles. The van der Waals surface area contributed by atoms with Gasteiger partial charge in [-0.2, -0.15) is 0 Å². The Morgan fingerprint density at radius 3 is 2.25 bits per heavy atom. The van der Waals surface area contributed by atoms with Crippen molar-refractivity contribution in [1.29, 1.82) is 0 Å². The first kappa shape index (κ1) is 14.7. The lowest BCUT2D eigenvalue weighted by Gasteiger charge is -2.25. The van der Waals surface area contributed by atoms with E-state index in [-0.39, 0.29) is 0 Å². The van der Waals surface area contributed by atoms with Crippen LogP contribution >= 0.6 is 11.8 Å². The zero-order valence-corrected chi connectivity index (χ0v) is 12.5. The van der Waals surface area contributed by atoms with E-state index in [0.717, 1.165) is 10.5 Å². The molecule has 0 amide bonds. The van der Waals surface area contributed by atoms with Crippen molar-refractivity contribution in [3.8, 4) is 0 Å². The normalized spacial score (nSPS) is 13.7. The van der Waals surface area contributed by atoms with Crippen LogP contribution in [0.4, 0.5) is 0 Å². The maximum absolute atomic E-state index is 11.7. The highest BCUT2D eigenvalue weighted by atomic mass is 32.2. The summed E-state index contributed by atoms with van der Waals surface area (Å²) in [5.74, 6) is -0.279. The van der Waals surface area contributed by atoms with E-state index in [0.29, 0.717) is 5.75 Å². The van der Waals surface area contributed by atoms with Gasteiger partial charge in [-0.1, -0.05) is 48.0 Å². The number of thioether (sulfide) groups is 1. The Labute approximate surface area is 123 Å². The second-order valence-corrected chi connectivity index (χ2v) is 6.15. The van der Waals surface area contributed by atoms with Crippen molar-refractivity contribution >= 4 is 17.7 Å². The monoisotopic (exact) mass is 286 g/mol. The number of benzene rings is 2. The van der Waals surface area contributed by atoms with E-state index < -0.39 is 11.4 Å². The first-order valence-corrected chi connectivity index (χ1v) is 7.49. The second-order valence-electron chi connectivity index (χ2n) is 5.11. The molecule has 0 bridgehead atoms. The fourth-order valence-electron chi connectivity index (χ4n) is 1.94. The van der Waals surface area contributed by atoms with Crippen molar-refractivity contribution < 1.29 is 9.90 Å². The number of carboxylic acids is 1. The van der Waals surface area contributed by atoms with Gasteiger partial charge in [0.05, 0.1) is 5.41 Å². The first-order valence-electron chi connectivity index (χ1n) is 6.51. The predicted octanol–water partition coefficient (Wildman–Crippen LogP) is 4.13. The van der Waals surface area contributed by atoms with Crippen LogP contribution in [-0.4, -0.2) is 16.8 Å². The number of hydrogen-bond donors (Lipinski definition) is 1. The van der Waals surface area contributed by atoms with Gasteiger partial charge in [0.2, 0.25) is 0 Å². The largest absolute Gasteiger partial charge is 0.481 e. The highest BCUT2D eigenvalue weighted by Crippen LogP contribution is 2.32. The molecule has 0 aliphatic carbocycles. The summed E-state index contributed by atoms with van der Waals surface area (Å²) >= 11 is 1.58. The molecule has 104 valence electrons. The molecule has 0 saturated carbocycles. The standard InChI is InChI=1S/C17H18O2S/c1-13-8-10-15(11-9-13)20-12-17(2,16(18)19)14-6-4-3-5-7-14/h3-11H,12H2,1-2H3,(H,18,19). The van der Waals surface area contributed by atoms with Gasteiger partial charge in [0, 0.05) is 10.6 Å². The van der Waals surface area contributed by atoms with Crippen molar-refractivity contribution in [3.05, 3.63) is 65.7 Å². The lowest BCUT2D eigenvalue weighted by atomic mass is 9.85. The molecule has 2 nitrogen and oxygen atoms in total. The number of rotatable bonds is 5. The first-order chi connectivity index (χ1) is 9.52. The zero-order valence-electron chi connectivity index (χ0n) is 11.7. The van der Waals surface area contributed by atoms with Crippen LogP contribution in [0.1, 0.15) is 18.1 Å². The van der Waals surface area contributed by atoms with Crippen LogP contribution < -0.4 is 0 Å². The van der Waals surface area contributed by atoms with Crippen molar-refractivity contribution in [2.75, 3.05) is 5.75 Å². The minimum atomic E-state index is -0.878. The number of carbonyl (C=O) groups is 1. The van der Waals surface area contributed by atoms with Crippen molar-refractivity contribution in [2.45, 2.75) is 24.2 Å². The molecule has 3 heteroatoms. The predicted molar refractivity (Wildman–Crippen MR) is 83.3 cm³/mol. The van der Waals surface area contributed by atoms with Gasteiger partial charge in [0.1, 0.15) is 0 Å². The van der Waals surface area contributed by atoms with E-state index in [1.165, 1.54) is 5.56 Å². The summed E-state index contributed by atoms with van der Waals surface area (Å²) in [6.07, 6.45) is 0. The SMILES string of the molecule is Cc1ccc(SCC(C)(C(=O)O)c2ccccc2)cc1. The Morgan fingerprint density at radius 1 is 1.10 bits per heavy atom. The minimum absolute atomic E-state index is 0.509. The summed E-state index contributed by atoms with van der Waals surface area (Å²) in [6.45, 7) is 3.83. The molecule has 1 unspecified atom stereocenters. The Morgan fingerprint density at radius 2 is 1.70 bits per heavy atom. The molecular formula is C17H18O2S. The number of aliphatic carboxylic acids is 1. The smallest absolute Gasteiger partial charge is 0.314 e. The van der Waals surface area contributed by atoms with E-state index in [4.69, 9.17) is 0 Å². The number of hydrogen-bond acceptors (Lipinski definition) is 2. The molecule has 2 aromatic rings. The Hall–Kier alpha value is -1.74.